The highest BCUT2D eigenvalue weighted by Crippen LogP contribution is 2.50. The first kappa shape index (κ1) is 11.4. The second-order valence-corrected chi connectivity index (χ2v) is 4.03. The van der Waals surface area contributed by atoms with Crippen LogP contribution in [0.2, 0.25) is 0 Å². The van der Waals surface area contributed by atoms with E-state index in [0.717, 1.165) is 6.07 Å². The largest absolute Gasteiger partial charge is 0.455 e. The van der Waals surface area contributed by atoms with Crippen LogP contribution in [0.25, 0.3) is 0 Å². The van der Waals surface area contributed by atoms with E-state index in [4.69, 9.17) is 5.73 Å². The van der Waals surface area contributed by atoms with Gasteiger partial charge in [0, 0.05) is 12.8 Å². The fourth-order valence-electron chi connectivity index (χ4n) is 1.80. The molecule has 1 aliphatic carbocycles. The second-order valence-electron chi connectivity index (χ2n) is 4.03. The predicted octanol–water partition coefficient (Wildman–Crippen LogP) is 2.88. The van der Waals surface area contributed by atoms with Gasteiger partial charge in [-0.15, -0.1) is 0 Å². The Morgan fingerprint density at radius 2 is 1.75 bits per heavy atom. The van der Waals surface area contributed by atoms with Gasteiger partial charge in [-0.3, -0.25) is 0 Å². The third-order valence-corrected chi connectivity index (χ3v) is 2.52. The van der Waals surface area contributed by atoms with Crippen molar-refractivity contribution in [1.29, 1.82) is 0 Å². The summed E-state index contributed by atoms with van der Waals surface area (Å²) in [5, 5.41) is 0. The molecule has 90 valence electrons. The van der Waals surface area contributed by atoms with Gasteiger partial charge in [-0.1, -0.05) is 0 Å². The topological polar surface area (TPSA) is 39.2 Å². The maximum absolute atomic E-state index is 12.6. The number of furan rings is 1. The van der Waals surface area contributed by atoms with Gasteiger partial charge in [0.2, 0.25) is 5.76 Å². The van der Waals surface area contributed by atoms with Crippen LogP contribution in [0.1, 0.15) is 24.4 Å². The Morgan fingerprint density at radius 1 is 1.19 bits per heavy atom. The summed E-state index contributed by atoms with van der Waals surface area (Å²) in [6, 6.07) is 1.69. The summed E-state index contributed by atoms with van der Waals surface area (Å²) in [6.07, 6.45) is -6.00. The summed E-state index contributed by atoms with van der Waals surface area (Å²) in [5.74, 6) is -4.38. The predicted molar refractivity (Wildman–Crippen MR) is 43.8 cm³/mol. The van der Waals surface area contributed by atoms with Gasteiger partial charge < -0.3 is 10.2 Å². The molecule has 16 heavy (non-hydrogen) atoms. The molecule has 1 aromatic rings. The summed E-state index contributed by atoms with van der Waals surface area (Å²) in [5.41, 5.74) is 4.04. The van der Waals surface area contributed by atoms with Crippen LogP contribution in [0, 0.1) is 0 Å². The number of halogens is 5. The number of alkyl halides is 5. The zero-order chi connectivity index (χ0) is 12.2. The molecular weight excluding hydrogens is 233 g/mol. The van der Waals surface area contributed by atoms with Crippen molar-refractivity contribution in [3.8, 4) is 0 Å². The van der Waals surface area contributed by atoms with Crippen LogP contribution in [0.15, 0.2) is 16.5 Å². The molecule has 2 rings (SSSR count). The first-order chi connectivity index (χ1) is 7.12. The van der Waals surface area contributed by atoms with Gasteiger partial charge in [0.25, 0.3) is 5.92 Å². The van der Waals surface area contributed by atoms with E-state index in [2.05, 4.69) is 4.42 Å². The van der Waals surface area contributed by atoms with Crippen LogP contribution in [0.5, 0.6) is 0 Å². The lowest BCUT2D eigenvalue weighted by Crippen LogP contribution is -2.55. The van der Waals surface area contributed by atoms with Gasteiger partial charge >= 0.3 is 6.18 Å². The number of rotatable bonds is 1. The van der Waals surface area contributed by atoms with E-state index in [1.807, 2.05) is 0 Å². The van der Waals surface area contributed by atoms with Crippen LogP contribution < -0.4 is 5.73 Å². The molecule has 2 N–H and O–H groups in total. The van der Waals surface area contributed by atoms with Crippen LogP contribution >= 0.6 is 0 Å². The van der Waals surface area contributed by atoms with Crippen molar-refractivity contribution in [3.05, 3.63) is 23.7 Å². The van der Waals surface area contributed by atoms with Gasteiger partial charge in [-0.05, 0) is 12.1 Å². The Bertz CT molecular complexity index is 400. The van der Waals surface area contributed by atoms with Gasteiger partial charge in [-0.25, -0.2) is 8.78 Å². The maximum Gasteiger partial charge on any atom is 0.449 e. The molecule has 0 spiro atoms. The molecule has 0 atom stereocenters. The van der Waals surface area contributed by atoms with Gasteiger partial charge in [-0.2, -0.15) is 13.2 Å². The van der Waals surface area contributed by atoms with E-state index < -0.39 is 36.2 Å². The average Bonchev–Trinajstić information content (AvgIpc) is 2.45. The van der Waals surface area contributed by atoms with Crippen molar-refractivity contribution in [2.45, 2.75) is 30.5 Å². The van der Waals surface area contributed by atoms with Crippen LogP contribution in [0.4, 0.5) is 22.0 Å². The summed E-state index contributed by atoms with van der Waals surface area (Å²) >= 11 is 0. The van der Waals surface area contributed by atoms with E-state index in [1.54, 1.807) is 0 Å². The van der Waals surface area contributed by atoms with Gasteiger partial charge in [0.1, 0.15) is 5.76 Å². The lowest BCUT2D eigenvalue weighted by Gasteiger charge is -2.42. The first-order valence-electron chi connectivity index (χ1n) is 4.47. The zero-order valence-corrected chi connectivity index (χ0v) is 7.94. The van der Waals surface area contributed by atoms with E-state index in [-0.39, 0.29) is 5.76 Å². The molecule has 1 heterocycles. The van der Waals surface area contributed by atoms with E-state index in [1.165, 1.54) is 0 Å². The maximum atomic E-state index is 12.6. The Morgan fingerprint density at radius 3 is 2.12 bits per heavy atom. The third kappa shape index (κ3) is 1.79. The highest BCUT2D eigenvalue weighted by Gasteiger charge is 2.57. The van der Waals surface area contributed by atoms with Gasteiger partial charge in [0.05, 0.1) is 5.54 Å². The van der Waals surface area contributed by atoms with Crippen LogP contribution in [-0.2, 0) is 11.7 Å². The van der Waals surface area contributed by atoms with Crippen molar-refractivity contribution in [2.24, 2.45) is 5.73 Å². The molecule has 7 heteroatoms. The van der Waals surface area contributed by atoms with E-state index in [0.29, 0.717) is 6.07 Å². The lowest BCUT2D eigenvalue weighted by atomic mass is 9.72. The van der Waals surface area contributed by atoms with Crippen molar-refractivity contribution in [3.63, 3.8) is 0 Å². The third-order valence-electron chi connectivity index (χ3n) is 2.52. The standard InChI is InChI=1S/C9H8F5NO/c10-8(11)3-7(15,4-8)5-1-2-6(16-5)9(12,13)14/h1-2H,3-4,15H2. The minimum absolute atomic E-state index is 0.245. The van der Waals surface area contributed by atoms with Gasteiger partial charge in [0.15, 0.2) is 0 Å². The second kappa shape index (κ2) is 2.97. The molecule has 0 saturated heterocycles. The summed E-state index contributed by atoms with van der Waals surface area (Å²) in [4.78, 5) is 0. The molecule has 0 amide bonds. The molecule has 0 aliphatic heterocycles. The van der Waals surface area contributed by atoms with E-state index in [9.17, 15) is 22.0 Å². The van der Waals surface area contributed by atoms with Crippen LogP contribution in [-0.4, -0.2) is 5.92 Å². The molecule has 1 fully saturated rings. The van der Waals surface area contributed by atoms with Crippen molar-refractivity contribution < 1.29 is 26.4 Å². The fourth-order valence-corrected chi connectivity index (χ4v) is 1.80. The highest BCUT2D eigenvalue weighted by atomic mass is 19.4. The Hall–Kier alpha value is -1.11. The smallest absolute Gasteiger partial charge is 0.449 e. The molecule has 0 bridgehead atoms. The Kier molecular flexibility index (Phi) is 2.11. The molecular formula is C9H8F5NO. The van der Waals surface area contributed by atoms with Crippen molar-refractivity contribution in [1.82, 2.24) is 0 Å². The molecule has 0 unspecified atom stereocenters. The number of hydrogen-bond donors (Lipinski definition) is 1. The Balaban J connectivity index is 2.21. The molecule has 2 nitrogen and oxygen atoms in total. The summed E-state index contributed by atoms with van der Waals surface area (Å²) in [7, 11) is 0. The summed E-state index contributed by atoms with van der Waals surface area (Å²) < 4.78 is 66.2. The normalized spacial score (nSPS) is 22.9. The molecule has 0 radical (unpaired) electrons. The minimum Gasteiger partial charge on any atom is -0.455 e. The number of nitrogens with two attached hydrogens (primary N) is 1. The molecule has 1 aromatic heterocycles. The van der Waals surface area contributed by atoms with Crippen LogP contribution in [0.3, 0.4) is 0 Å². The SMILES string of the molecule is NC1(c2ccc(C(F)(F)F)o2)CC(F)(F)C1. The molecule has 1 aliphatic rings. The Labute approximate surface area is 87.2 Å². The zero-order valence-electron chi connectivity index (χ0n) is 7.94. The van der Waals surface area contributed by atoms with E-state index >= 15 is 0 Å². The minimum atomic E-state index is -4.62. The number of hydrogen-bond acceptors (Lipinski definition) is 2. The molecule has 1 saturated carbocycles. The average molecular weight is 241 g/mol. The monoisotopic (exact) mass is 241 g/mol. The van der Waals surface area contributed by atoms with Crippen molar-refractivity contribution in [2.75, 3.05) is 0 Å². The first-order valence-corrected chi connectivity index (χ1v) is 4.47. The fraction of sp³-hybridized carbons (Fsp3) is 0.556. The summed E-state index contributed by atoms with van der Waals surface area (Å²) in [6.45, 7) is 0. The molecule has 0 aromatic carbocycles. The highest BCUT2D eigenvalue weighted by molar-refractivity contribution is 5.22. The quantitative estimate of drug-likeness (QED) is 0.768. The lowest BCUT2D eigenvalue weighted by molar-refractivity contribution is -0.157. The van der Waals surface area contributed by atoms with Crippen molar-refractivity contribution >= 4 is 0 Å².